The van der Waals surface area contributed by atoms with E-state index in [0.29, 0.717) is 38.0 Å². The number of hydrogen-bond acceptors (Lipinski definition) is 6. The second-order valence-corrected chi connectivity index (χ2v) is 6.64. The van der Waals surface area contributed by atoms with Gasteiger partial charge in [-0.05, 0) is 12.5 Å². The molecular weight excluding hydrogens is 336 g/mol. The molecule has 136 valence electrons. The van der Waals surface area contributed by atoms with Crippen molar-refractivity contribution in [2.24, 2.45) is 0 Å². The van der Waals surface area contributed by atoms with Crippen LogP contribution < -0.4 is 0 Å². The molecule has 2 aliphatic rings. The van der Waals surface area contributed by atoms with E-state index in [9.17, 15) is 9.59 Å². The number of cyclic esters (lactones) is 1. The van der Waals surface area contributed by atoms with E-state index in [1.54, 1.807) is 11.8 Å². The van der Waals surface area contributed by atoms with Gasteiger partial charge in [-0.1, -0.05) is 35.5 Å². The first-order valence-electron chi connectivity index (χ1n) is 8.66. The van der Waals surface area contributed by atoms with E-state index < -0.39 is 6.09 Å². The Labute approximate surface area is 150 Å². The molecule has 0 aliphatic carbocycles. The van der Waals surface area contributed by atoms with Crippen molar-refractivity contribution >= 4 is 12.0 Å². The average Bonchev–Trinajstić information content (AvgIpc) is 3.36. The highest BCUT2D eigenvalue weighted by Gasteiger charge is 2.40. The van der Waals surface area contributed by atoms with Crippen molar-refractivity contribution in [1.29, 1.82) is 0 Å². The number of carbonyl (C=O) groups excluding carboxylic acids is 2. The van der Waals surface area contributed by atoms with Crippen LogP contribution in [-0.4, -0.2) is 64.7 Å². The van der Waals surface area contributed by atoms with Gasteiger partial charge in [0.25, 0.3) is 0 Å². The molecule has 0 spiro atoms. The molecular formula is C18H20N4O4. The minimum Gasteiger partial charge on any atom is -0.448 e. The Bertz CT molecular complexity index is 807. The molecule has 0 radical (unpaired) electrons. The average molecular weight is 356 g/mol. The molecule has 1 aromatic heterocycles. The van der Waals surface area contributed by atoms with E-state index >= 15 is 0 Å². The van der Waals surface area contributed by atoms with Crippen LogP contribution in [-0.2, 0) is 9.53 Å². The van der Waals surface area contributed by atoms with Gasteiger partial charge in [-0.2, -0.15) is 4.98 Å². The fraction of sp³-hybridized carbons (Fsp3) is 0.444. The second-order valence-electron chi connectivity index (χ2n) is 6.64. The number of likely N-dealkylation sites (tertiary alicyclic amines) is 1. The monoisotopic (exact) mass is 356 g/mol. The zero-order chi connectivity index (χ0) is 18.1. The summed E-state index contributed by atoms with van der Waals surface area (Å²) in [6.07, 6.45) is -0.429. The van der Waals surface area contributed by atoms with Crippen LogP contribution in [0.1, 0.15) is 29.1 Å². The molecule has 2 fully saturated rings. The quantitative estimate of drug-likeness (QED) is 0.826. The predicted octanol–water partition coefficient (Wildman–Crippen LogP) is 1.54. The van der Waals surface area contributed by atoms with Crippen LogP contribution in [0.5, 0.6) is 0 Å². The van der Waals surface area contributed by atoms with Gasteiger partial charge in [0.05, 0.1) is 12.5 Å². The summed E-state index contributed by atoms with van der Waals surface area (Å²) in [5.74, 6) is 1.05. The van der Waals surface area contributed by atoms with Crippen molar-refractivity contribution in [3.05, 3.63) is 47.6 Å². The largest absolute Gasteiger partial charge is 0.448 e. The molecule has 2 amide bonds. The Morgan fingerprint density at radius 3 is 2.65 bits per heavy atom. The highest BCUT2D eigenvalue weighted by molar-refractivity contribution is 5.83. The van der Waals surface area contributed by atoms with Crippen molar-refractivity contribution in [3.8, 4) is 0 Å². The number of aromatic nitrogens is 2. The van der Waals surface area contributed by atoms with Gasteiger partial charge in [-0.25, -0.2) is 4.79 Å². The van der Waals surface area contributed by atoms with Crippen LogP contribution in [0.15, 0.2) is 34.9 Å². The molecule has 0 bridgehead atoms. The number of nitrogens with zero attached hydrogens (tertiary/aromatic N) is 4. The van der Waals surface area contributed by atoms with Gasteiger partial charge in [0.1, 0.15) is 13.2 Å². The summed E-state index contributed by atoms with van der Waals surface area (Å²) >= 11 is 0. The van der Waals surface area contributed by atoms with E-state index in [0.717, 1.165) is 5.56 Å². The Hall–Kier alpha value is -2.90. The number of hydrogen-bond donors (Lipinski definition) is 0. The summed E-state index contributed by atoms with van der Waals surface area (Å²) in [7, 11) is 0. The lowest BCUT2D eigenvalue weighted by Gasteiger charge is -2.19. The molecule has 8 heteroatoms. The molecule has 2 atom stereocenters. The van der Waals surface area contributed by atoms with Crippen molar-refractivity contribution in [2.45, 2.75) is 18.8 Å². The molecule has 0 unspecified atom stereocenters. The Kier molecular flexibility index (Phi) is 4.32. The predicted molar refractivity (Wildman–Crippen MR) is 90.5 cm³/mol. The van der Waals surface area contributed by atoms with E-state index in [1.165, 1.54) is 4.90 Å². The molecule has 0 saturated carbocycles. The number of aryl methyl sites for hydroxylation is 1. The molecule has 2 aliphatic heterocycles. The van der Waals surface area contributed by atoms with Crippen LogP contribution in [0.25, 0.3) is 0 Å². The van der Waals surface area contributed by atoms with E-state index in [2.05, 4.69) is 10.1 Å². The zero-order valence-electron chi connectivity index (χ0n) is 14.5. The summed E-state index contributed by atoms with van der Waals surface area (Å²) in [4.78, 5) is 31.9. The Balaban J connectivity index is 1.54. The maximum absolute atomic E-state index is 12.7. The maximum Gasteiger partial charge on any atom is 0.410 e. The maximum atomic E-state index is 12.7. The number of rotatable bonds is 4. The normalized spacial score (nSPS) is 22.7. The standard InChI is InChI=1S/C18H20N4O4/c1-12-19-17(26-20-12)15-10-22(9-14(15)13-5-3-2-4-6-13)16(23)11-21-7-8-25-18(21)24/h2-6,14-15H,7-11H2,1H3/t14-,15+/m0/s1. The molecule has 0 N–H and O–H groups in total. The summed E-state index contributed by atoms with van der Waals surface area (Å²) in [6, 6.07) is 10.0. The summed E-state index contributed by atoms with van der Waals surface area (Å²) in [5.41, 5.74) is 1.13. The molecule has 4 rings (SSSR count). The lowest BCUT2D eigenvalue weighted by molar-refractivity contribution is -0.130. The van der Waals surface area contributed by atoms with Crippen LogP contribution in [0.2, 0.25) is 0 Å². The molecule has 3 heterocycles. The molecule has 2 aromatic rings. The van der Waals surface area contributed by atoms with E-state index in [1.807, 2.05) is 30.3 Å². The highest BCUT2D eigenvalue weighted by Crippen LogP contribution is 2.39. The van der Waals surface area contributed by atoms with Gasteiger partial charge in [0.15, 0.2) is 5.82 Å². The van der Waals surface area contributed by atoms with Crippen LogP contribution >= 0.6 is 0 Å². The minimum atomic E-state index is -0.429. The SMILES string of the molecule is Cc1noc([C@@H]2CN(C(=O)CN3CCOC3=O)C[C@H]2c2ccccc2)n1. The van der Waals surface area contributed by atoms with Crippen molar-refractivity contribution in [3.63, 3.8) is 0 Å². The van der Waals surface area contributed by atoms with Gasteiger partial charge >= 0.3 is 6.09 Å². The molecule has 2 saturated heterocycles. The summed E-state index contributed by atoms with van der Waals surface area (Å²) < 4.78 is 10.3. The number of carbonyl (C=O) groups is 2. The van der Waals surface area contributed by atoms with E-state index in [4.69, 9.17) is 9.26 Å². The molecule has 26 heavy (non-hydrogen) atoms. The van der Waals surface area contributed by atoms with Gasteiger partial charge in [-0.15, -0.1) is 0 Å². The van der Waals surface area contributed by atoms with Crippen molar-refractivity contribution in [2.75, 3.05) is 32.8 Å². The molecule has 8 nitrogen and oxygen atoms in total. The van der Waals surface area contributed by atoms with E-state index in [-0.39, 0.29) is 24.3 Å². The van der Waals surface area contributed by atoms with Gasteiger partial charge < -0.3 is 14.2 Å². The summed E-state index contributed by atoms with van der Waals surface area (Å²) in [6.45, 7) is 3.65. The van der Waals surface area contributed by atoms with Crippen LogP contribution in [0.3, 0.4) is 0 Å². The first kappa shape index (κ1) is 16.6. The Morgan fingerprint density at radius 1 is 1.23 bits per heavy atom. The third-order valence-electron chi connectivity index (χ3n) is 4.93. The topological polar surface area (TPSA) is 88.8 Å². The first-order valence-corrected chi connectivity index (χ1v) is 8.66. The lowest BCUT2D eigenvalue weighted by atomic mass is 9.89. The molecule has 1 aromatic carbocycles. The third kappa shape index (κ3) is 3.14. The number of benzene rings is 1. The minimum absolute atomic E-state index is 0.0376. The fourth-order valence-electron chi connectivity index (χ4n) is 3.59. The van der Waals surface area contributed by atoms with Gasteiger partial charge in [-0.3, -0.25) is 9.69 Å². The van der Waals surface area contributed by atoms with Gasteiger partial charge in [0.2, 0.25) is 11.8 Å². The van der Waals surface area contributed by atoms with Crippen molar-refractivity contribution < 1.29 is 18.8 Å². The first-order chi connectivity index (χ1) is 12.6. The van der Waals surface area contributed by atoms with Gasteiger partial charge in [0, 0.05) is 19.0 Å². The summed E-state index contributed by atoms with van der Waals surface area (Å²) in [5, 5.41) is 3.89. The lowest BCUT2D eigenvalue weighted by Crippen LogP contribution is -2.39. The zero-order valence-corrected chi connectivity index (χ0v) is 14.5. The number of ether oxygens (including phenoxy) is 1. The Morgan fingerprint density at radius 2 is 2.00 bits per heavy atom. The smallest absolute Gasteiger partial charge is 0.410 e. The van der Waals surface area contributed by atoms with Crippen molar-refractivity contribution in [1.82, 2.24) is 19.9 Å². The highest BCUT2D eigenvalue weighted by atomic mass is 16.6. The number of amides is 2. The van der Waals surface area contributed by atoms with Crippen LogP contribution in [0, 0.1) is 6.92 Å². The fourth-order valence-corrected chi connectivity index (χ4v) is 3.59. The third-order valence-corrected chi connectivity index (χ3v) is 4.93. The van der Waals surface area contributed by atoms with Crippen LogP contribution in [0.4, 0.5) is 4.79 Å². The second kappa shape index (κ2) is 6.78.